The average Bonchev–Trinajstić information content (AvgIpc) is 2.31. The van der Waals surface area contributed by atoms with Crippen molar-refractivity contribution >= 4 is 0 Å². The Hall–Kier alpha value is -0.860. The lowest BCUT2D eigenvalue weighted by molar-refractivity contribution is 0.123. The van der Waals surface area contributed by atoms with Crippen LogP contribution in [0.5, 0.6) is 0 Å². The van der Waals surface area contributed by atoms with Crippen LogP contribution in [0.1, 0.15) is 30.5 Å². The second-order valence-electron chi connectivity index (χ2n) is 4.55. The SMILES string of the molecule is CCNC(COCC)Cc1cc(C)ccc1C. The number of hydrogen-bond acceptors (Lipinski definition) is 2. The van der Waals surface area contributed by atoms with Gasteiger partial charge in [0.1, 0.15) is 0 Å². The minimum atomic E-state index is 0.417. The van der Waals surface area contributed by atoms with E-state index < -0.39 is 0 Å². The Kier molecular flexibility index (Phi) is 6.23. The monoisotopic (exact) mass is 235 g/mol. The van der Waals surface area contributed by atoms with Crippen molar-refractivity contribution in [1.29, 1.82) is 0 Å². The maximum atomic E-state index is 5.53. The van der Waals surface area contributed by atoms with Gasteiger partial charge in [0, 0.05) is 12.6 Å². The van der Waals surface area contributed by atoms with Crippen LogP contribution in [0.2, 0.25) is 0 Å². The lowest BCUT2D eigenvalue weighted by Gasteiger charge is -2.19. The highest BCUT2D eigenvalue weighted by Gasteiger charge is 2.10. The normalized spacial score (nSPS) is 12.7. The van der Waals surface area contributed by atoms with E-state index in [1.807, 2.05) is 6.92 Å². The van der Waals surface area contributed by atoms with E-state index in [-0.39, 0.29) is 0 Å². The van der Waals surface area contributed by atoms with Crippen LogP contribution in [0.4, 0.5) is 0 Å². The first-order valence-corrected chi connectivity index (χ1v) is 6.54. The summed E-state index contributed by atoms with van der Waals surface area (Å²) in [5.41, 5.74) is 4.13. The molecule has 0 spiro atoms. The topological polar surface area (TPSA) is 21.3 Å². The summed E-state index contributed by atoms with van der Waals surface area (Å²) in [6, 6.07) is 7.07. The van der Waals surface area contributed by atoms with Crippen molar-refractivity contribution in [2.75, 3.05) is 19.8 Å². The molecule has 0 saturated carbocycles. The predicted molar refractivity (Wildman–Crippen MR) is 73.6 cm³/mol. The molecule has 0 fully saturated rings. The largest absolute Gasteiger partial charge is 0.380 e. The molecule has 0 aliphatic rings. The summed E-state index contributed by atoms with van der Waals surface area (Å²) in [7, 11) is 0. The van der Waals surface area contributed by atoms with Crippen LogP contribution in [0.25, 0.3) is 0 Å². The molecule has 1 rings (SSSR count). The average molecular weight is 235 g/mol. The van der Waals surface area contributed by atoms with Crippen molar-refractivity contribution < 1.29 is 4.74 Å². The van der Waals surface area contributed by atoms with Crippen molar-refractivity contribution in [1.82, 2.24) is 5.32 Å². The molecule has 96 valence electrons. The van der Waals surface area contributed by atoms with E-state index in [0.717, 1.165) is 26.2 Å². The second-order valence-corrected chi connectivity index (χ2v) is 4.55. The molecule has 0 heterocycles. The summed E-state index contributed by atoms with van der Waals surface area (Å²) >= 11 is 0. The number of nitrogens with one attached hydrogen (secondary N) is 1. The Labute approximate surface area is 105 Å². The van der Waals surface area contributed by atoms with E-state index in [1.165, 1.54) is 16.7 Å². The van der Waals surface area contributed by atoms with Crippen molar-refractivity contribution in [3.8, 4) is 0 Å². The van der Waals surface area contributed by atoms with Crippen LogP contribution >= 0.6 is 0 Å². The van der Waals surface area contributed by atoms with Gasteiger partial charge >= 0.3 is 0 Å². The first-order chi connectivity index (χ1) is 8.17. The van der Waals surface area contributed by atoms with Crippen LogP contribution in [-0.2, 0) is 11.2 Å². The highest BCUT2D eigenvalue weighted by Crippen LogP contribution is 2.13. The fourth-order valence-corrected chi connectivity index (χ4v) is 2.02. The summed E-state index contributed by atoms with van der Waals surface area (Å²) in [6.45, 7) is 11.1. The number of rotatable bonds is 7. The van der Waals surface area contributed by atoms with Gasteiger partial charge in [0.25, 0.3) is 0 Å². The summed E-state index contributed by atoms with van der Waals surface area (Å²) in [4.78, 5) is 0. The maximum Gasteiger partial charge on any atom is 0.0622 e. The Morgan fingerprint density at radius 1 is 1.24 bits per heavy atom. The quantitative estimate of drug-likeness (QED) is 0.784. The molecule has 1 aromatic rings. The molecule has 0 aliphatic heterocycles. The van der Waals surface area contributed by atoms with E-state index in [0.29, 0.717) is 6.04 Å². The molecular formula is C15H25NO. The Morgan fingerprint density at radius 3 is 2.65 bits per heavy atom. The summed E-state index contributed by atoms with van der Waals surface area (Å²) in [5.74, 6) is 0. The summed E-state index contributed by atoms with van der Waals surface area (Å²) in [6.07, 6.45) is 1.04. The fourth-order valence-electron chi connectivity index (χ4n) is 2.02. The molecule has 0 radical (unpaired) electrons. The first kappa shape index (κ1) is 14.2. The Bertz CT molecular complexity index is 336. The Morgan fingerprint density at radius 2 is 2.00 bits per heavy atom. The molecule has 0 aliphatic carbocycles. The third kappa shape index (κ3) is 4.88. The zero-order valence-corrected chi connectivity index (χ0v) is 11.5. The number of benzene rings is 1. The maximum absolute atomic E-state index is 5.53. The summed E-state index contributed by atoms with van der Waals surface area (Å²) in [5, 5.41) is 3.49. The molecule has 2 heteroatoms. The minimum absolute atomic E-state index is 0.417. The van der Waals surface area contributed by atoms with Gasteiger partial charge in [-0.05, 0) is 44.9 Å². The zero-order valence-electron chi connectivity index (χ0n) is 11.5. The van der Waals surface area contributed by atoms with Crippen LogP contribution < -0.4 is 5.32 Å². The van der Waals surface area contributed by atoms with Gasteiger partial charge in [0.05, 0.1) is 6.61 Å². The highest BCUT2D eigenvalue weighted by molar-refractivity contribution is 5.31. The molecule has 0 bridgehead atoms. The van der Waals surface area contributed by atoms with Gasteiger partial charge in [0.15, 0.2) is 0 Å². The van der Waals surface area contributed by atoms with Crippen molar-refractivity contribution in [3.63, 3.8) is 0 Å². The molecule has 1 unspecified atom stereocenters. The second kappa shape index (κ2) is 7.46. The standard InChI is InChI=1S/C15H25NO/c1-5-16-15(11-17-6-2)10-14-9-12(3)7-8-13(14)4/h7-9,15-16H,5-6,10-11H2,1-4H3. The van der Waals surface area contributed by atoms with Crippen LogP contribution in [-0.4, -0.2) is 25.8 Å². The molecule has 2 nitrogen and oxygen atoms in total. The zero-order chi connectivity index (χ0) is 12.7. The molecular weight excluding hydrogens is 210 g/mol. The predicted octanol–water partition coefficient (Wildman–Crippen LogP) is 2.86. The molecule has 0 amide bonds. The van der Waals surface area contributed by atoms with E-state index in [2.05, 4.69) is 44.3 Å². The molecule has 17 heavy (non-hydrogen) atoms. The molecule has 0 saturated heterocycles. The number of aryl methyl sites for hydroxylation is 2. The van der Waals surface area contributed by atoms with Gasteiger partial charge in [-0.3, -0.25) is 0 Å². The van der Waals surface area contributed by atoms with Crippen molar-refractivity contribution in [3.05, 3.63) is 34.9 Å². The van der Waals surface area contributed by atoms with Crippen LogP contribution in [0.15, 0.2) is 18.2 Å². The van der Waals surface area contributed by atoms with Crippen LogP contribution in [0, 0.1) is 13.8 Å². The molecule has 0 aromatic heterocycles. The van der Waals surface area contributed by atoms with Gasteiger partial charge < -0.3 is 10.1 Å². The van der Waals surface area contributed by atoms with Gasteiger partial charge in [-0.2, -0.15) is 0 Å². The van der Waals surface area contributed by atoms with E-state index in [4.69, 9.17) is 4.74 Å². The molecule has 1 aromatic carbocycles. The minimum Gasteiger partial charge on any atom is -0.380 e. The number of likely N-dealkylation sites (N-methyl/N-ethyl adjacent to an activating group) is 1. The first-order valence-electron chi connectivity index (χ1n) is 6.54. The molecule has 1 atom stereocenters. The van der Waals surface area contributed by atoms with Gasteiger partial charge in [-0.1, -0.05) is 30.7 Å². The Balaban J connectivity index is 2.67. The third-order valence-electron chi connectivity index (χ3n) is 2.99. The smallest absolute Gasteiger partial charge is 0.0622 e. The highest BCUT2D eigenvalue weighted by atomic mass is 16.5. The summed E-state index contributed by atoms with van der Waals surface area (Å²) < 4.78 is 5.53. The number of hydrogen-bond donors (Lipinski definition) is 1. The van der Waals surface area contributed by atoms with Crippen molar-refractivity contribution in [2.45, 2.75) is 40.2 Å². The van der Waals surface area contributed by atoms with Gasteiger partial charge in [-0.25, -0.2) is 0 Å². The van der Waals surface area contributed by atoms with E-state index in [1.54, 1.807) is 0 Å². The molecule has 1 N–H and O–H groups in total. The number of ether oxygens (including phenoxy) is 1. The lowest BCUT2D eigenvalue weighted by Crippen LogP contribution is -2.35. The third-order valence-corrected chi connectivity index (χ3v) is 2.99. The van der Waals surface area contributed by atoms with Gasteiger partial charge in [-0.15, -0.1) is 0 Å². The van der Waals surface area contributed by atoms with E-state index >= 15 is 0 Å². The lowest BCUT2D eigenvalue weighted by atomic mass is 9.99. The van der Waals surface area contributed by atoms with E-state index in [9.17, 15) is 0 Å². The van der Waals surface area contributed by atoms with Crippen molar-refractivity contribution in [2.24, 2.45) is 0 Å². The fraction of sp³-hybridized carbons (Fsp3) is 0.600. The van der Waals surface area contributed by atoms with Gasteiger partial charge in [0.2, 0.25) is 0 Å². The van der Waals surface area contributed by atoms with Crippen LogP contribution in [0.3, 0.4) is 0 Å².